The summed E-state index contributed by atoms with van der Waals surface area (Å²) in [5, 5.41) is 15.6. The number of hydrazone groups is 1. The number of fused-ring (bicyclic) bond motifs is 5. The van der Waals surface area contributed by atoms with Crippen molar-refractivity contribution in [3.63, 3.8) is 0 Å². The molecule has 1 aliphatic heterocycles. The van der Waals surface area contributed by atoms with E-state index in [9.17, 15) is 19.7 Å². The maximum atomic E-state index is 12.4. The highest BCUT2D eigenvalue weighted by Gasteiger charge is 2.59. The number of carbonyl (C=O) groups is 2. The lowest BCUT2D eigenvalue weighted by molar-refractivity contribution is -0.380. The van der Waals surface area contributed by atoms with Gasteiger partial charge in [0.1, 0.15) is 0 Å². The first-order chi connectivity index (χ1) is 10.6. The molecule has 1 aromatic rings. The van der Waals surface area contributed by atoms with Crippen LogP contribution in [0, 0.1) is 33.8 Å². The molecule has 1 saturated carbocycles. The Hall–Kier alpha value is -2.35. The van der Waals surface area contributed by atoms with Crippen LogP contribution < -0.4 is 0 Å². The number of nitro groups is 1. The highest BCUT2D eigenvalue weighted by molar-refractivity contribution is 7.16. The summed E-state index contributed by atoms with van der Waals surface area (Å²) in [5.41, 5.74) is 0. The van der Waals surface area contributed by atoms with Gasteiger partial charge in [-0.1, -0.05) is 23.5 Å². The average Bonchev–Trinajstić information content (AvgIpc) is 3.23. The topological polar surface area (TPSA) is 92.9 Å². The first kappa shape index (κ1) is 13.3. The summed E-state index contributed by atoms with van der Waals surface area (Å²) in [5.74, 6) is -0.776. The van der Waals surface area contributed by atoms with Gasteiger partial charge in [0, 0.05) is 6.07 Å². The van der Waals surface area contributed by atoms with Crippen LogP contribution in [0.1, 0.15) is 11.3 Å². The number of nitrogens with zero attached hydrogens (tertiary/aromatic N) is 3. The van der Waals surface area contributed by atoms with E-state index in [1.165, 1.54) is 12.3 Å². The molecule has 1 aromatic heterocycles. The predicted octanol–water partition coefficient (Wildman–Crippen LogP) is 1.80. The van der Waals surface area contributed by atoms with Gasteiger partial charge in [-0.2, -0.15) is 10.1 Å². The monoisotopic (exact) mass is 317 g/mol. The first-order valence-corrected chi connectivity index (χ1v) is 7.72. The molecule has 3 aliphatic rings. The maximum Gasteiger partial charge on any atom is 0.324 e. The molecule has 22 heavy (non-hydrogen) atoms. The van der Waals surface area contributed by atoms with Gasteiger partial charge < -0.3 is 0 Å². The van der Waals surface area contributed by atoms with Gasteiger partial charge in [-0.05, 0) is 24.3 Å². The summed E-state index contributed by atoms with van der Waals surface area (Å²) in [6, 6.07) is 2.92. The van der Waals surface area contributed by atoms with Crippen LogP contribution in [-0.4, -0.2) is 28.0 Å². The minimum absolute atomic E-state index is 0.000334. The van der Waals surface area contributed by atoms with Crippen molar-refractivity contribution in [3.8, 4) is 0 Å². The predicted molar refractivity (Wildman–Crippen MR) is 78.1 cm³/mol. The second kappa shape index (κ2) is 4.57. The Kier molecular flexibility index (Phi) is 2.77. The molecule has 2 heterocycles. The Morgan fingerprint density at radius 1 is 1.23 bits per heavy atom. The van der Waals surface area contributed by atoms with E-state index in [-0.39, 0.29) is 40.5 Å². The summed E-state index contributed by atoms with van der Waals surface area (Å²) in [6.07, 6.45) is 6.26. The molecular weight excluding hydrogens is 306 g/mol. The summed E-state index contributed by atoms with van der Waals surface area (Å²) >= 11 is 0.952. The second-order valence-electron chi connectivity index (χ2n) is 5.67. The van der Waals surface area contributed by atoms with E-state index in [0.29, 0.717) is 4.88 Å². The fourth-order valence-electron chi connectivity index (χ4n) is 3.62. The van der Waals surface area contributed by atoms with Gasteiger partial charge >= 0.3 is 5.00 Å². The van der Waals surface area contributed by atoms with Crippen LogP contribution in [0.3, 0.4) is 0 Å². The van der Waals surface area contributed by atoms with Crippen molar-refractivity contribution in [2.24, 2.45) is 28.8 Å². The third-order valence-corrected chi connectivity index (χ3v) is 5.51. The van der Waals surface area contributed by atoms with E-state index in [0.717, 1.165) is 22.8 Å². The molecule has 4 atom stereocenters. The third kappa shape index (κ3) is 1.77. The van der Waals surface area contributed by atoms with Gasteiger partial charge in [0.2, 0.25) is 0 Å². The zero-order valence-electron chi connectivity index (χ0n) is 11.3. The number of carbonyl (C=O) groups excluding carboxylic acids is 2. The number of amides is 2. The Bertz CT molecular complexity index is 723. The van der Waals surface area contributed by atoms with Gasteiger partial charge in [-0.25, -0.2) is 0 Å². The van der Waals surface area contributed by atoms with Crippen LogP contribution in [0.4, 0.5) is 5.00 Å². The molecule has 2 bridgehead atoms. The van der Waals surface area contributed by atoms with Gasteiger partial charge in [-0.15, -0.1) is 0 Å². The number of hydrogen-bond acceptors (Lipinski definition) is 6. The van der Waals surface area contributed by atoms with E-state index in [1.807, 2.05) is 12.2 Å². The lowest BCUT2D eigenvalue weighted by Crippen LogP contribution is -2.28. The Balaban J connectivity index is 1.56. The van der Waals surface area contributed by atoms with Crippen molar-refractivity contribution in [2.45, 2.75) is 6.42 Å². The molecule has 112 valence electrons. The highest BCUT2D eigenvalue weighted by atomic mass is 32.1. The lowest BCUT2D eigenvalue weighted by Gasteiger charge is -2.13. The van der Waals surface area contributed by atoms with Crippen LogP contribution in [-0.2, 0) is 9.59 Å². The average molecular weight is 317 g/mol. The molecule has 0 aromatic carbocycles. The zero-order valence-corrected chi connectivity index (χ0v) is 12.1. The van der Waals surface area contributed by atoms with Crippen molar-refractivity contribution in [3.05, 3.63) is 39.3 Å². The second-order valence-corrected chi connectivity index (χ2v) is 6.76. The summed E-state index contributed by atoms with van der Waals surface area (Å²) in [7, 11) is 0. The summed E-state index contributed by atoms with van der Waals surface area (Å²) in [4.78, 5) is 35.4. The molecule has 4 unspecified atom stereocenters. The lowest BCUT2D eigenvalue weighted by atomic mass is 9.85. The molecule has 8 heteroatoms. The van der Waals surface area contributed by atoms with E-state index in [4.69, 9.17) is 0 Å². The fourth-order valence-corrected chi connectivity index (χ4v) is 4.31. The Morgan fingerprint density at radius 3 is 2.41 bits per heavy atom. The minimum atomic E-state index is -0.484. The highest BCUT2D eigenvalue weighted by Crippen LogP contribution is 2.52. The zero-order chi connectivity index (χ0) is 15.4. The van der Waals surface area contributed by atoms with Crippen molar-refractivity contribution in [1.82, 2.24) is 5.01 Å². The number of hydrogen-bond donors (Lipinski definition) is 0. The molecule has 0 N–H and O–H groups in total. The maximum absolute atomic E-state index is 12.4. The van der Waals surface area contributed by atoms with Crippen LogP contribution >= 0.6 is 11.3 Å². The van der Waals surface area contributed by atoms with E-state index < -0.39 is 4.92 Å². The number of imide groups is 1. The summed E-state index contributed by atoms with van der Waals surface area (Å²) < 4.78 is 0. The van der Waals surface area contributed by atoms with Crippen LogP contribution in [0.15, 0.2) is 29.4 Å². The molecule has 1 saturated heterocycles. The number of allylic oxidation sites excluding steroid dienone is 2. The Labute approximate surface area is 129 Å². The molecule has 0 spiro atoms. The van der Waals surface area contributed by atoms with Crippen LogP contribution in [0.2, 0.25) is 0 Å². The largest absolute Gasteiger partial charge is 0.324 e. The molecule has 2 aliphatic carbocycles. The number of rotatable bonds is 3. The normalized spacial score (nSPS) is 32.5. The Morgan fingerprint density at radius 2 is 1.86 bits per heavy atom. The smallest absolute Gasteiger partial charge is 0.272 e. The van der Waals surface area contributed by atoms with E-state index in [2.05, 4.69) is 5.10 Å². The van der Waals surface area contributed by atoms with Crippen LogP contribution in [0.5, 0.6) is 0 Å². The molecular formula is C14H11N3O4S. The molecule has 2 fully saturated rings. The van der Waals surface area contributed by atoms with Gasteiger partial charge in [0.25, 0.3) is 11.8 Å². The SMILES string of the molecule is O=C1C2C3C=CC(C3)C2C(=O)N1/N=C/c1ccc([N+](=O)[O-])s1. The molecule has 0 radical (unpaired) electrons. The molecule has 2 amide bonds. The van der Waals surface area contributed by atoms with Crippen molar-refractivity contribution < 1.29 is 14.5 Å². The van der Waals surface area contributed by atoms with Gasteiger partial charge in [-0.3, -0.25) is 19.7 Å². The van der Waals surface area contributed by atoms with Crippen molar-refractivity contribution in [1.29, 1.82) is 0 Å². The number of thiophene rings is 1. The quantitative estimate of drug-likeness (QED) is 0.279. The third-order valence-electron chi connectivity index (χ3n) is 4.54. The van der Waals surface area contributed by atoms with Crippen molar-refractivity contribution >= 4 is 34.4 Å². The van der Waals surface area contributed by atoms with E-state index in [1.54, 1.807) is 6.07 Å². The summed E-state index contributed by atoms with van der Waals surface area (Å²) in [6.45, 7) is 0. The van der Waals surface area contributed by atoms with Crippen LogP contribution in [0.25, 0.3) is 0 Å². The first-order valence-electron chi connectivity index (χ1n) is 6.90. The molecule has 7 nitrogen and oxygen atoms in total. The standard InChI is InChI=1S/C14H11N3O4S/c18-13-11-7-1-2-8(5-7)12(11)14(19)16(13)15-6-9-3-4-10(22-9)17(20)21/h1-4,6-8,11-12H,5H2/b15-6+. The molecule has 4 rings (SSSR count). The van der Waals surface area contributed by atoms with E-state index >= 15 is 0 Å². The van der Waals surface area contributed by atoms with Crippen molar-refractivity contribution in [2.75, 3.05) is 0 Å². The van der Waals surface area contributed by atoms with Gasteiger partial charge in [0.15, 0.2) is 0 Å². The van der Waals surface area contributed by atoms with Gasteiger partial charge in [0.05, 0.1) is 27.9 Å². The fraction of sp³-hybridized carbons (Fsp3) is 0.357. The minimum Gasteiger partial charge on any atom is -0.272 e.